The average Bonchev–Trinajstić information content (AvgIpc) is 2.82. The maximum absolute atomic E-state index is 14.2. The summed E-state index contributed by atoms with van der Waals surface area (Å²) in [7, 11) is 1.64. The molecule has 0 aliphatic carbocycles. The summed E-state index contributed by atoms with van der Waals surface area (Å²) in [6.07, 6.45) is 1.29. The monoisotopic (exact) mass is 520 g/mol. The highest BCUT2D eigenvalue weighted by molar-refractivity contribution is 7.80. The molecule has 1 fully saturated rings. The highest BCUT2D eigenvalue weighted by atomic mass is 32.1. The Bertz CT molecular complexity index is 1370. The van der Waals surface area contributed by atoms with Crippen LogP contribution in [0.25, 0.3) is 0 Å². The largest absolute Gasteiger partial charge is 0.497 e. The van der Waals surface area contributed by atoms with Crippen LogP contribution >= 0.6 is 12.2 Å². The van der Waals surface area contributed by atoms with Gasteiger partial charge in [0, 0.05) is 35.9 Å². The van der Waals surface area contributed by atoms with Crippen LogP contribution in [0.2, 0.25) is 0 Å². The minimum Gasteiger partial charge on any atom is -0.497 e. The maximum atomic E-state index is 14.2. The highest BCUT2D eigenvalue weighted by Gasteiger charge is 2.49. The van der Waals surface area contributed by atoms with E-state index in [0.29, 0.717) is 23.7 Å². The first-order valence-electron chi connectivity index (χ1n) is 12.1. The zero-order valence-corrected chi connectivity index (χ0v) is 22.0. The quantitative estimate of drug-likeness (QED) is 0.263. The van der Waals surface area contributed by atoms with E-state index in [9.17, 15) is 9.18 Å². The van der Waals surface area contributed by atoms with Gasteiger partial charge >= 0.3 is 5.97 Å². The van der Waals surface area contributed by atoms with Gasteiger partial charge in [0.1, 0.15) is 23.1 Å². The lowest BCUT2D eigenvalue weighted by Gasteiger charge is -2.50. The van der Waals surface area contributed by atoms with E-state index >= 15 is 0 Å². The van der Waals surface area contributed by atoms with Crippen molar-refractivity contribution in [2.45, 2.75) is 50.8 Å². The molecule has 0 saturated carbocycles. The van der Waals surface area contributed by atoms with Crippen LogP contribution in [0.4, 0.5) is 4.39 Å². The van der Waals surface area contributed by atoms with E-state index in [0.717, 1.165) is 22.4 Å². The number of benzene rings is 3. The molecule has 2 N–H and O–H groups in total. The Kier molecular flexibility index (Phi) is 6.31. The molecule has 1 saturated heterocycles. The number of ether oxygens (including phenoxy) is 3. The van der Waals surface area contributed by atoms with Crippen LogP contribution in [-0.4, -0.2) is 29.5 Å². The second-order valence-electron chi connectivity index (χ2n) is 10.3. The van der Waals surface area contributed by atoms with Crippen LogP contribution in [0.3, 0.4) is 0 Å². The van der Waals surface area contributed by atoms with E-state index in [-0.39, 0.29) is 22.8 Å². The predicted molar refractivity (Wildman–Crippen MR) is 143 cm³/mol. The van der Waals surface area contributed by atoms with Crippen molar-refractivity contribution in [2.24, 2.45) is 0 Å². The molecule has 2 aliphatic heterocycles. The van der Waals surface area contributed by atoms with Crippen molar-refractivity contribution in [1.82, 2.24) is 10.6 Å². The second kappa shape index (κ2) is 9.34. The Morgan fingerprint density at radius 1 is 1.08 bits per heavy atom. The summed E-state index contributed by atoms with van der Waals surface area (Å²) in [4.78, 5) is 12.7. The lowest BCUT2D eigenvalue weighted by atomic mass is 9.76. The molecule has 3 aromatic rings. The Hall–Kier alpha value is -3.65. The number of fused-ring (bicyclic) bond motifs is 1. The molecule has 0 radical (unpaired) electrons. The number of hydrogen-bond acceptors (Lipinski definition) is 5. The summed E-state index contributed by atoms with van der Waals surface area (Å²) >= 11 is 5.55. The number of methoxy groups -OCH3 is 1. The smallest absolute Gasteiger partial charge is 0.346 e. The van der Waals surface area contributed by atoms with Crippen molar-refractivity contribution >= 4 is 23.3 Å². The Morgan fingerprint density at radius 2 is 1.81 bits per heavy atom. The number of esters is 1. The molecule has 5 rings (SSSR count). The molecule has 3 aromatic carbocycles. The fraction of sp³-hybridized carbons (Fsp3) is 0.310. The third-order valence-corrected chi connectivity index (χ3v) is 7.06. The molecule has 0 bridgehead atoms. The lowest BCUT2D eigenvalue weighted by Crippen LogP contribution is -2.69. The van der Waals surface area contributed by atoms with Gasteiger partial charge in [0.2, 0.25) is 0 Å². The van der Waals surface area contributed by atoms with Gasteiger partial charge in [-0.15, -0.1) is 0 Å². The number of thiocarbonyl (C=S) groups is 1. The summed E-state index contributed by atoms with van der Waals surface area (Å²) in [5.74, 6) is 0.237. The zero-order chi connectivity index (χ0) is 26.4. The van der Waals surface area contributed by atoms with Crippen molar-refractivity contribution < 1.29 is 23.4 Å². The zero-order valence-electron chi connectivity index (χ0n) is 21.2. The van der Waals surface area contributed by atoms with Gasteiger partial charge in [-0.1, -0.05) is 24.3 Å². The number of nitrogens with one attached hydrogen (secondary N) is 2. The molecule has 0 aromatic heterocycles. The molecule has 6 nitrogen and oxygen atoms in total. The molecule has 2 aliphatic rings. The van der Waals surface area contributed by atoms with Crippen molar-refractivity contribution in [1.29, 1.82) is 0 Å². The van der Waals surface area contributed by atoms with Crippen LogP contribution in [0.5, 0.6) is 17.2 Å². The van der Waals surface area contributed by atoms with Crippen molar-refractivity contribution in [3.05, 3.63) is 88.7 Å². The molecule has 0 amide bonds. The third kappa shape index (κ3) is 4.98. The minimum atomic E-state index is -0.774. The standard InChI is InChI=1S/C29H29FN2O4S/c1-17-13-20(35-26(33)21-7-5-6-8-23(21)30)14-24-25(17)22(18-9-11-19(34-4)12-10-18)15-29(36-24)16-28(2,3)31-27(37)32-29/h5-14,22H,15-16H2,1-4H3,(H2,31,32,37)/t22-,29-/m1/s1. The lowest BCUT2D eigenvalue weighted by molar-refractivity contribution is -0.0129. The number of halogens is 1. The van der Waals surface area contributed by atoms with E-state index in [1.165, 1.54) is 18.2 Å². The van der Waals surface area contributed by atoms with E-state index in [1.54, 1.807) is 25.3 Å². The fourth-order valence-corrected chi connectivity index (χ4v) is 5.91. The summed E-state index contributed by atoms with van der Waals surface area (Å²) in [6.45, 7) is 6.13. The topological polar surface area (TPSA) is 68.8 Å². The molecule has 0 unspecified atom stereocenters. The second-order valence-corrected chi connectivity index (χ2v) is 10.7. The molecule has 8 heteroatoms. The molecule has 37 heavy (non-hydrogen) atoms. The molecular weight excluding hydrogens is 491 g/mol. The highest BCUT2D eigenvalue weighted by Crippen LogP contribution is 2.49. The molecule has 192 valence electrons. The van der Waals surface area contributed by atoms with Gasteiger partial charge in [-0.25, -0.2) is 9.18 Å². The van der Waals surface area contributed by atoms with Gasteiger partial charge in [-0.05, 0) is 74.4 Å². The van der Waals surface area contributed by atoms with Gasteiger partial charge in [0.05, 0.1) is 12.7 Å². The molecular formula is C29H29FN2O4S. The first-order valence-corrected chi connectivity index (χ1v) is 12.5. The molecule has 2 heterocycles. The minimum absolute atomic E-state index is 0.0184. The summed E-state index contributed by atoms with van der Waals surface area (Å²) < 4.78 is 31.8. The van der Waals surface area contributed by atoms with E-state index < -0.39 is 17.5 Å². The first kappa shape index (κ1) is 25.0. The van der Waals surface area contributed by atoms with Gasteiger partial charge in [0.25, 0.3) is 0 Å². The SMILES string of the molecule is COc1ccc([C@H]2C[C@]3(CC(C)(C)NC(=S)N3)Oc3cc(OC(=O)c4ccccc4F)cc(C)c32)cc1. The summed E-state index contributed by atoms with van der Waals surface area (Å²) in [5.41, 5.74) is 1.82. The van der Waals surface area contributed by atoms with Crippen LogP contribution in [0, 0.1) is 12.7 Å². The third-order valence-electron chi connectivity index (χ3n) is 6.85. The van der Waals surface area contributed by atoms with Crippen LogP contribution in [0.15, 0.2) is 60.7 Å². The van der Waals surface area contributed by atoms with E-state index in [4.69, 9.17) is 26.4 Å². The summed E-state index contributed by atoms with van der Waals surface area (Å²) in [5, 5.41) is 7.21. The van der Waals surface area contributed by atoms with Crippen LogP contribution in [-0.2, 0) is 0 Å². The van der Waals surface area contributed by atoms with Gasteiger partial charge < -0.3 is 24.8 Å². The Labute approximate surface area is 221 Å². The van der Waals surface area contributed by atoms with Gasteiger partial charge in [0.15, 0.2) is 10.8 Å². The Balaban J connectivity index is 1.57. The van der Waals surface area contributed by atoms with Crippen molar-refractivity contribution in [3.8, 4) is 17.2 Å². The number of carbonyl (C=O) groups excluding carboxylic acids is 1. The van der Waals surface area contributed by atoms with Crippen LogP contribution in [0.1, 0.15) is 59.7 Å². The van der Waals surface area contributed by atoms with Crippen molar-refractivity contribution in [3.63, 3.8) is 0 Å². The fourth-order valence-electron chi connectivity index (χ4n) is 5.45. The van der Waals surface area contributed by atoms with Gasteiger partial charge in [-0.3, -0.25) is 0 Å². The van der Waals surface area contributed by atoms with Crippen molar-refractivity contribution in [2.75, 3.05) is 7.11 Å². The first-order chi connectivity index (χ1) is 17.6. The predicted octanol–water partition coefficient (Wildman–Crippen LogP) is 5.62. The van der Waals surface area contributed by atoms with Crippen LogP contribution < -0.4 is 24.8 Å². The summed E-state index contributed by atoms with van der Waals surface area (Å²) in [6, 6.07) is 17.3. The molecule has 2 atom stereocenters. The van der Waals surface area contributed by atoms with E-state index in [2.05, 4.69) is 36.6 Å². The molecule has 1 spiro atoms. The Morgan fingerprint density at radius 3 is 2.49 bits per heavy atom. The normalized spacial score (nSPS) is 21.8. The number of aryl methyl sites for hydroxylation is 1. The number of hydrogen-bond donors (Lipinski definition) is 2. The average molecular weight is 521 g/mol. The number of carbonyl (C=O) groups is 1. The van der Waals surface area contributed by atoms with Gasteiger partial charge in [-0.2, -0.15) is 0 Å². The van der Waals surface area contributed by atoms with E-state index in [1.807, 2.05) is 19.1 Å². The maximum Gasteiger partial charge on any atom is 0.346 e. The number of rotatable bonds is 4.